The minimum absolute atomic E-state index is 0.0419. The van der Waals surface area contributed by atoms with Gasteiger partial charge in [-0.2, -0.15) is 0 Å². The van der Waals surface area contributed by atoms with Gasteiger partial charge in [0.25, 0.3) is 0 Å². The van der Waals surface area contributed by atoms with E-state index in [1.807, 2.05) is 19.9 Å². The van der Waals surface area contributed by atoms with Crippen molar-refractivity contribution in [2.45, 2.75) is 19.9 Å². The fraction of sp³-hybridized carbons (Fsp3) is 0.545. The van der Waals surface area contributed by atoms with Gasteiger partial charge in [-0.1, -0.05) is 19.9 Å². The number of methoxy groups -OCH3 is 1. The van der Waals surface area contributed by atoms with E-state index in [0.29, 0.717) is 5.88 Å². The van der Waals surface area contributed by atoms with Crippen LogP contribution in [-0.2, 0) is 0 Å². The Labute approximate surface area is 90.1 Å². The maximum Gasteiger partial charge on any atom is 0.212 e. The molecule has 0 spiro atoms. The molecule has 1 aromatic heterocycles. The van der Waals surface area contributed by atoms with Crippen LogP contribution in [0, 0.1) is 5.41 Å². The summed E-state index contributed by atoms with van der Waals surface area (Å²) in [6, 6.07) is 3.40. The van der Waals surface area contributed by atoms with Crippen molar-refractivity contribution in [2.24, 2.45) is 11.1 Å². The fourth-order valence-electron chi connectivity index (χ4n) is 1.25. The molecule has 0 aromatic carbocycles. The van der Waals surface area contributed by atoms with Crippen LogP contribution < -0.4 is 10.5 Å². The highest BCUT2D eigenvalue weighted by molar-refractivity contribution is 5.22. The lowest BCUT2D eigenvalue weighted by molar-refractivity contribution is 0.132. The van der Waals surface area contributed by atoms with E-state index in [2.05, 4.69) is 4.98 Å². The van der Waals surface area contributed by atoms with Crippen molar-refractivity contribution in [1.29, 1.82) is 0 Å². The van der Waals surface area contributed by atoms with Gasteiger partial charge in [0.2, 0.25) is 5.88 Å². The quantitative estimate of drug-likeness (QED) is 0.781. The van der Waals surface area contributed by atoms with Crippen LogP contribution in [-0.4, -0.2) is 23.8 Å². The van der Waals surface area contributed by atoms with Crippen molar-refractivity contribution in [3.8, 4) is 5.88 Å². The molecule has 84 valence electrons. The summed E-state index contributed by atoms with van der Waals surface area (Å²) < 4.78 is 4.96. The number of nitrogens with two attached hydrogens (primary N) is 1. The van der Waals surface area contributed by atoms with Crippen molar-refractivity contribution in [3.63, 3.8) is 0 Å². The summed E-state index contributed by atoms with van der Waals surface area (Å²) in [6.45, 7) is 3.88. The Balaban J connectivity index is 2.87. The second kappa shape index (κ2) is 4.59. The topological polar surface area (TPSA) is 68.4 Å². The first kappa shape index (κ1) is 11.9. The average Bonchev–Trinajstić information content (AvgIpc) is 2.28. The second-order valence-electron chi connectivity index (χ2n) is 4.26. The largest absolute Gasteiger partial charge is 0.481 e. The monoisotopic (exact) mass is 210 g/mol. The number of hydrogen-bond acceptors (Lipinski definition) is 4. The third-order valence-corrected chi connectivity index (χ3v) is 2.58. The van der Waals surface area contributed by atoms with Crippen LogP contribution in [0.1, 0.15) is 25.5 Å². The number of ether oxygens (including phenoxy) is 1. The molecular weight excluding hydrogens is 192 g/mol. The molecule has 0 aliphatic rings. The van der Waals surface area contributed by atoms with E-state index in [1.54, 1.807) is 19.4 Å². The van der Waals surface area contributed by atoms with Gasteiger partial charge in [0.05, 0.1) is 7.11 Å². The van der Waals surface area contributed by atoms with Gasteiger partial charge in [-0.3, -0.25) is 0 Å². The minimum Gasteiger partial charge on any atom is -0.481 e. The molecule has 0 saturated carbocycles. The first-order valence-corrected chi connectivity index (χ1v) is 4.87. The van der Waals surface area contributed by atoms with Crippen molar-refractivity contribution in [1.82, 2.24) is 4.98 Å². The lowest BCUT2D eigenvalue weighted by Crippen LogP contribution is -2.32. The van der Waals surface area contributed by atoms with E-state index in [0.717, 1.165) is 5.56 Å². The molecule has 0 radical (unpaired) electrons. The predicted octanol–water partition coefficient (Wildman–Crippen LogP) is 1.11. The van der Waals surface area contributed by atoms with Crippen LogP contribution in [0.2, 0.25) is 0 Å². The number of hydrogen-bond donors (Lipinski definition) is 2. The number of aliphatic hydroxyl groups excluding tert-OH is 1. The third kappa shape index (κ3) is 2.67. The molecule has 4 heteroatoms. The normalized spacial score (nSPS) is 13.7. The predicted molar refractivity (Wildman–Crippen MR) is 58.6 cm³/mol. The van der Waals surface area contributed by atoms with Gasteiger partial charge in [0.15, 0.2) is 0 Å². The number of pyridine rings is 1. The molecule has 1 atom stereocenters. The van der Waals surface area contributed by atoms with Gasteiger partial charge >= 0.3 is 0 Å². The summed E-state index contributed by atoms with van der Waals surface area (Å²) in [5.74, 6) is 0.563. The Morgan fingerprint density at radius 1 is 1.53 bits per heavy atom. The van der Waals surface area contributed by atoms with Crippen LogP contribution in [0.4, 0.5) is 0 Å². The Bertz CT molecular complexity index is 309. The number of aliphatic hydroxyl groups is 1. The molecule has 3 N–H and O–H groups in total. The van der Waals surface area contributed by atoms with E-state index in [1.165, 1.54) is 0 Å². The fourth-order valence-corrected chi connectivity index (χ4v) is 1.25. The highest BCUT2D eigenvalue weighted by atomic mass is 16.5. The van der Waals surface area contributed by atoms with Crippen molar-refractivity contribution in [3.05, 3.63) is 23.9 Å². The lowest BCUT2D eigenvalue weighted by Gasteiger charge is -2.29. The zero-order valence-corrected chi connectivity index (χ0v) is 9.40. The second-order valence-corrected chi connectivity index (χ2v) is 4.26. The lowest BCUT2D eigenvalue weighted by atomic mass is 9.82. The van der Waals surface area contributed by atoms with Crippen molar-refractivity contribution < 1.29 is 9.84 Å². The van der Waals surface area contributed by atoms with E-state index < -0.39 is 0 Å². The maximum absolute atomic E-state index is 9.20. The standard InChI is InChI=1S/C11H18N2O2/c1-11(2,7-14)10(12)8-4-5-9(15-3)13-6-8/h4-6,10,14H,7,12H2,1-3H3/t10-/m1/s1. The summed E-state index contributed by atoms with van der Waals surface area (Å²) in [6.07, 6.45) is 1.68. The van der Waals surface area contributed by atoms with Gasteiger partial charge < -0.3 is 15.6 Å². The van der Waals surface area contributed by atoms with Crippen LogP contribution in [0.3, 0.4) is 0 Å². The molecule has 0 unspecified atom stereocenters. The number of nitrogens with zero attached hydrogens (tertiary/aromatic N) is 1. The van der Waals surface area contributed by atoms with Gasteiger partial charge in [0.1, 0.15) is 0 Å². The summed E-state index contributed by atoms with van der Waals surface area (Å²) in [5.41, 5.74) is 6.58. The first-order chi connectivity index (χ1) is 7.01. The zero-order chi connectivity index (χ0) is 11.5. The maximum atomic E-state index is 9.20. The SMILES string of the molecule is COc1ccc([C@@H](N)C(C)(C)CO)cn1. The van der Waals surface area contributed by atoms with Crippen molar-refractivity contribution in [2.75, 3.05) is 13.7 Å². The summed E-state index contributed by atoms with van der Waals surface area (Å²) in [5, 5.41) is 9.20. The summed E-state index contributed by atoms with van der Waals surface area (Å²) >= 11 is 0. The molecule has 15 heavy (non-hydrogen) atoms. The van der Waals surface area contributed by atoms with Gasteiger partial charge in [-0.15, -0.1) is 0 Å². The molecule has 1 heterocycles. The van der Waals surface area contributed by atoms with Gasteiger partial charge in [-0.05, 0) is 5.56 Å². The molecular formula is C11H18N2O2. The van der Waals surface area contributed by atoms with E-state index in [-0.39, 0.29) is 18.1 Å². The Morgan fingerprint density at radius 2 is 2.20 bits per heavy atom. The van der Waals surface area contributed by atoms with Gasteiger partial charge in [-0.25, -0.2) is 4.98 Å². The van der Waals surface area contributed by atoms with Gasteiger partial charge in [0, 0.05) is 30.3 Å². The molecule has 0 saturated heterocycles. The molecule has 0 fully saturated rings. The highest BCUT2D eigenvalue weighted by Crippen LogP contribution is 2.30. The Kier molecular flexibility index (Phi) is 3.66. The molecule has 0 bridgehead atoms. The molecule has 0 amide bonds. The molecule has 0 aliphatic carbocycles. The Morgan fingerprint density at radius 3 is 2.60 bits per heavy atom. The number of aromatic nitrogens is 1. The Hall–Kier alpha value is -1.13. The smallest absolute Gasteiger partial charge is 0.212 e. The zero-order valence-electron chi connectivity index (χ0n) is 9.40. The van der Waals surface area contributed by atoms with E-state index in [9.17, 15) is 5.11 Å². The van der Waals surface area contributed by atoms with E-state index >= 15 is 0 Å². The third-order valence-electron chi connectivity index (χ3n) is 2.58. The minimum atomic E-state index is -0.351. The van der Waals surface area contributed by atoms with Crippen LogP contribution >= 0.6 is 0 Å². The molecule has 1 rings (SSSR count). The van der Waals surface area contributed by atoms with E-state index in [4.69, 9.17) is 10.5 Å². The van der Waals surface area contributed by atoms with Crippen LogP contribution in [0.15, 0.2) is 18.3 Å². The molecule has 4 nitrogen and oxygen atoms in total. The first-order valence-electron chi connectivity index (χ1n) is 4.87. The van der Waals surface area contributed by atoms with Crippen molar-refractivity contribution >= 4 is 0 Å². The average molecular weight is 210 g/mol. The highest BCUT2D eigenvalue weighted by Gasteiger charge is 2.27. The van der Waals surface area contributed by atoms with Crippen LogP contribution in [0.5, 0.6) is 5.88 Å². The molecule has 0 aliphatic heterocycles. The van der Waals surface area contributed by atoms with Crippen LogP contribution in [0.25, 0.3) is 0 Å². The molecule has 1 aromatic rings. The number of rotatable bonds is 4. The summed E-state index contributed by atoms with van der Waals surface area (Å²) in [4.78, 5) is 4.08. The summed E-state index contributed by atoms with van der Waals surface area (Å²) in [7, 11) is 1.57.